The fraction of sp³-hybridized carbons (Fsp3) is 0.471. The van der Waals surface area contributed by atoms with E-state index in [2.05, 4.69) is 44.0 Å². The third-order valence-electron chi connectivity index (χ3n) is 4.37. The van der Waals surface area contributed by atoms with Crippen molar-refractivity contribution in [2.24, 2.45) is 5.92 Å². The van der Waals surface area contributed by atoms with Gasteiger partial charge in [-0.25, -0.2) is 0 Å². The molecule has 1 aliphatic rings. The van der Waals surface area contributed by atoms with E-state index in [1.54, 1.807) is 0 Å². The first-order valence-electron chi connectivity index (χ1n) is 7.57. The van der Waals surface area contributed by atoms with Gasteiger partial charge in [0, 0.05) is 29.1 Å². The van der Waals surface area contributed by atoms with E-state index in [1.807, 2.05) is 19.2 Å². The summed E-state index contributed by atoms with van der Waals surface area (Å²) in [5.41, 5.74) is 2.34. The van der Waals surface area contributed by atoms with Crippen molar-refractivity contribution in [1.82, 2.24) is 9.88 Å². The molecular weight excluding hydrogens is 328 g/mol. The summed E-state index contributed by atoms with van der Waals surface area (Å²) in [7, 11) is 0. The topological polar surface area (TPSA) is 36.4 Å². The molecule has 3 nitrogen and oxygen atoms in total. The highest BCUT2D eigenvalue weighted by Gasteiger charge is 2.23. The number of hydrogen-bond acceptors (Lipinski definition) is 3. The van der Waals surface area contributed by atoms with Crippen LogP contribution in [0.5, 0.6) is 0 Å². The predicted molar refractivity (Wildman–Crippen MR) is 89.1 cm³/mol. The Hall–Kier alpha value is -0.970. The molecule has 21 heavy (non-hydrogen) atoms. The molecule has 2 aromatic rings. The van der Waals surface area contributed by atoms with Gasteiger partial charge < -0.3 is 5.11 Å². The second kappa shape index (κ2) is 6.42. The summed E-state index contributed by atoms with van der Waals surface area (Å²) in [4.78, 5) is 6.99. The first kappa shape index (κ1) is 14.9. The third-order valence-corrected chi connectivity index (χ3v) is 4.82. The molecule has 1 saturated heterocycles. The van der Waals surface area contributed by atoms with Gasteiger partial charge in [0.15, 0.2) is 0 Å². The van der Waals surface area contributed by atoms with Crippen molar-refractivity contribution >= 4 is 26.8 Å². The molecule has 4 heteroatoms. The molecular formula is C17H21BrN2O. The quantitative estimate of drug-likeness (QED) is 0.920. The molecule has 0 amide bonds. The van der Waals surface area contributed by atoms with Gasteiger partial charge in [0.05, 0.1) is 11.6 Å². The summed E-state index contributed by atoms with van der Waals surface area (Å²) >= 11 is 3.60. The number of aromatic nitrogens is 1. The molecule has 2 atom stereocenters. The number of likely N-dealkylation sites (tertiary alicyclic amines) is 1. The smallest absolute Gasteiger partial charge is 0.0747 e. The van der Waals surface area contributed by atoms with Gasteiger partial charge in [0.2, 0.25) is 0 Å². The summed E-state index contributed by atoms with van der Waals surface area (Å²) in [6, 6.07) is 8.36. The minimum Gasteiger partial charge on any atom is -0.393 e. The SMILES string of the molecule is CC(O)C1CCCN(Cc2cc(Br)cc3cccnc23)C1. The fourth-order valence-electron chi connectivity index (χ4n) is 3.22. The van der Waals surface area contributed by atoms with E-state index >= 15 is 0 Å². The summed E-state index contributed by atoms with van der Waals surface area (Å²) in [6.07, 6.45) is 3.93. The number of hydrogen-bond donors (Lipinski definition) is 1. The zero-order valence-electron chi connectivity index (χ0n) is 12.3. The van der Waals surface area contributed by atoms with Crippen molar-refractivity contribution in [2.75, 3.05) is 13.1 Å². The van der Waals surface area contributed by atoms with Crippen molar-refractivity contribution in [3.05, 3.63) is 40.5 Å². The van der Waals surface area contributed by atoms with Gasteiger partial charge in [-0.3, -0.25) is 9.88 Å². The number of benzene rings is 1. The van der Waals surface area contributed by atoms with Crippen LogP contribution < -0.4 is 0 Å². The second-order valence-corrected chi connectivity index (χ2v) is 6.93. The molecule has 0 radical (unpaired) electrons. The van der Waals surface area contributed by atoms with E-state index in [4.69, 9.17) is 0 Å². The van der Waals surface area contributed by atoms with Crippen LogP contribution in [0.15, 0.2) is 34.9 Å². The minimum atomic E-state index is -0.217. The van der Waals surface area contributed by atoms with Gasteiger partial charge in [0.25, 0.3) is 0 Å². The van der Waals surface area contributed by atoms with E-state index in [0.29, 0.717) is 5.92 Å². The molecule has 1 N–H and O–H groups in total. The van der Waals surface area contributed by atoms with E-state index in [0.717, 1.165) is 42.5 Å². The van der Waals surface area contributed by atoms with Crippen LogP contribution in [-0.2, 0) is 6.54 Å². The fourth-order valence-corrected chi connectivity index (χ4v) is 3.74. The molecule has 112 valence electrons. The normalized spacial score (nSPS) is 21.6. The average Bonchev–Trinajstić information content (AvgIpc) is 2.47. The van der Waals surface area contributed by atoms with Crippen molar-refractivity contribution in [3.63, 3.8) is 0 Å². The summed E-state index contributed by atoms with van der Waals surface area (Å²) in [5.74, 6) is 0.394. The number of piperidine rings is 1. The maximum absolute atomic E-state index is 9.83. The monoisotopic (exact) mass is 348 g/mol. The number of fused-ring (bicyclic) bond motifs is 1. The van der Waals surface area contributed by atoms with Crippen LogP contribution in [0.4, 0.5) is 0 Å². The molecule has 1 aliphatic heterocycles. The molecule has 0 saturated carbocycles. The lowest BCUT2D eigenvalue weighted by Gasteiger charge is -2.34. The Morgan fingerprint density at radius 3 is 3.14 bits per heavy atom. The van der Waals surface area contributed by atoms with Crippen molar-refractivity contribution < 1.29 is 5.11 Å². The summed E-state index contributed by atoms with van der Waals surface area (Å²) in [6.45, 7) is 4.88. The number of rotatable bonds is 3. The standard InChI is InChI=1S/C17H21BrN2O/c1-12(21)14-5-3-7-20(10-14)11-15-9-16(18)8-13-4-2-6-19-17(13)15/h2,4,6,8-9,12,14,21H,3,5,7,10-11H2,1H3. The van der Waals surface area contributed by atoms with Crippen LogP contribution in [-0.4, -0.2) is 34.2 Å². The maximum Gasteiger partial charge on any atom is 0.0747 e. The molecule has 0 spiro atoms. The van der Waals surface area contributed by atoms with E-state index < -0.39 is 0 Å². The largest absolute Gasteiger partial charge is 0.393 e. The number of pyridine rings is 1. The molecule has 3 rings (SSSR count). The van der Waals surface area contributed by atoms with E-state index in [1.165, 1.54) is 10.9 Å². The lowest BCUT2D eigenvalue weighted by molar-refractivity contribution is 0.0600. The molecule has 0 aliphatic carbocycles. The zero-order chi connectivity index (χ0) is 14.8. The Kier molecular flexibility index (Phi) is 4.57. The lowest BCUT2D eigenvalue weighted by Crippen LogP contribution is -2.39. The predicted octanol–water partition coefficient (Wildman–Crippen LogP) is 3.59. The Bertz CT molecular complexity index is 629. The molecule has 2 unspecified atom stereocenters. The van der Waals surface area contributed by atoms with Crippen LogP contribution in [0.3, 0.4) is 0 Å². The zero-order valence-corrected chi connectivity index (χ0v) is 13.9. The first-order chi connectivity index (χ1) is 10.1. The maximum atomic E-state index is 9.83. The van der Waals surface area contributed by atoms with E-state index in [-0.39, 0.29) is 6.10 Å². The highest BCUT2D eigenvalue weighted by molar-refractivity contribution is 9.10. The Balaban J connectivity index is 1.84. The van der Waals surface area contributed by atoms with E-state index in [9.17, 15) is 5.11 Å². The summed E-state index contributed by atoms with van der Waals surface area (Å²) in [5, 5.41) is 11.0. The second-order valence-electron chi connectivity index (χ2n) is 6.02. The summed E-state index contributed by atoms with van der Waals surface area (Å²) < 4.78 is 1.10. The van der Waals surface area contributed by atoms with Crippen LogP contribution >= 0.6 is 15.9 Å². The van der Waals surface area contributed by atoms with Crippen molar-refractivity contribution in [1.29, 1.82) is 0 Å². The number of halogens is 1. The van der Waals surface area contributed by atoms with Gasteiger partial charge >= 0.3 is 0 Å². The van der Waals surface area contributed by atoms with Gasteiger partial charge in [-0.1, -0.05) is 22.0 Å². The van der Waals surface area contributed by atoms with Crippen LogP contribution in [0.1, 0.15) is 25.3 Å². The highest BCUT2D eigenvalue weighted by atomic mass is 79.9. The Morgan fingerprint density at radius 2 is 2.33 bits per heavy atom. The van der Waals surface area contributed by atoms with Crippen LogP contribution in [0, 0.1) is 5.92 Å². The third kappa shape index (κ3) is 3.44. The molecule has 0 bridgehead atoms. The molecule has 1 aromatic heterocycles. The number of aliphatic hydroxyl groups excluding tert-OH is 1. The molecule has 1 aromatic carbocycles. The van der Waals surface area contributed by atoms with Crippen molar-refractivity contribution in [2.45, 2.75) is 32.4 Å². The van der Waals surface area contributed by atoms with Gasteiger partial charge in [-0.15, -0.1) is 0 Å². The van der Waals surface area contributed by atoms with Gasteiger partial charge in [0.1, 0.15) is 0 Å². The number of aliphatic hydroxyl groups is 1. The van der Waals surface area contributed by atoms with Crippen LogP contribution in [0.2, 0.25) is 0 Å². The van der Waals surface area contributed by atoms with Crippen molar-refractivity contribution in [3.8, 4) is 0 Å². The van der Waals surface area contributed by atoms with Gasteiger partial charge in [-0.2, -0.15) is 0 Å². The highest BCUT2D eigenvalue weighted by Crippen LogP contribution is 2.26. The first-order valence-corrected chi connectivity index (χ1v) is 8.36. The number of nitrogens with zero attached hydrogens (tertiary/aromatic N) is 2. The lowest BCUT2D eigenvalue weighted by atomic mass is 9.93. The van der Waals surface area contributed by atoms with Crippen LogP contribution in [0.25, 0.3) is 10.9 Å². The molecule has 1 fully saturated rings. The Morgan fingerprint density at radius 1 is 1.48 bits per heavy atom. The Labute approximate surface area is 134 Å². The minimum absolute atomic E-state index is 0.217. The molecule has 2 heterocycles. The average molecular weight is 349 g/mol. The van der Waals surface area contributed by atoms with Gasteiger partial charge in [-0.05, 0) is 56.0 Å².